The minimum Gasteiger partial charge on any atom is -0.480 e. The van der Waals surface area contributed by atoms with Crippen molar-refractivity contribution >= 4 is 12.1 Å². The molecule has 1 aliphatic heterocycles. The molecule has 122 valence electrons. The van der Waals surface area contributed by atoms with Crippen LogP contribution in [-0.2, 0) is 19.0 Å². The predicted molar refractivity (Wildman–Crippen MR) is 75.2 cm³/mol. The van der Waals surface area contributed by atoms with E-state index < -0.39 is 23.2 Å². The molecule has 1 fully saturated rings. The van der Waals surface area contributed by atoms with Crippen LogP contribution >= 0.6 is 0 Å². The second kappa shape index (κ2) is 6.62. The molecular weight excluding hydrogens is 278 g/mol. The van der Waals surface area contributed by atoms with Crippen molar-refractivity contribution in [2.45, 2.75) is 51.4 Å². The highest BCUT2D eigenvalue weighted by atomic mass is 16.6. The molecular formula is C14H25NO6. The Bertz CT molecular complexity index is 391. The summed E-state index contributed by atoms with van der Waals surface area (Å²) in [4.78, 5) is 25.0. The number of carbonyl (C=O) groups is 2. The molecule has 1 rings (SSSR count). The Morgan fingerprint density at radius 2 is 1.95 bits per heavy atom. The molecule has 1 saturated heterocycles. The minimum absolute atomic E-state index is 0.196. The lowest BCUT2D eigenvalue weighted by molar-refractivity contribution is -0.148. The molecule has 2 atom stereocenters. The molecule has 0 aromatic heterocycles. The number of methoxy groups -OCH3 is 1. The van der Waals surface area contributed by atoms with Gasteiger partial charge in [-0.1, -0.05) is 0 Å². The fraction of sp³-hybridized carbons (Fsp3) is 0.857. The lowest BCUT2D eigenvalue weighted by Gasteiger charge is -2.32. The number of carbonyl (C=O) groups excluding carboxylic acids is 1. The number of hydrogen-bond donors (Lipinski definition) is 1. The van der Waals surface area contributed by atoms with Crippen LogP contribution in [0.1, 0.15) is 34.1 Å². The highest BCUT2D eigenvalue weighted by Crippen LogP contribution is 2.32. The van der Waals surface area contributed by atoms with Crippen LogP contribution in [0.2, 0.25) is 0 Å². The molecule has 1 aliphatic rings. The number of carboxylic acid groups (broad SMARTS) is 1. The van der Waals surface area contributed by atoms with E-state index in [1.165, 1.54) is 11.8 Å². The van der Waals surface area contributed by atoms with Gasteiger partial charge in [-0.2, -0.15) is 0 Å². The predicted octanol–water partition coefficient (Wildman–Crippen LogP) is 1.50. The van der Waals surface area contributed by atoms with Gasteiger partial charge in [0.1, 0.15) is 11.1 Å². The Morgan fingerprint density at radius 3 is 2.43 bits per heavy atom. The number of carboxylic acids is 1. The molecule has 0 unspecified atom stereocenters. The molecule has 7 nitrogen and oxygen atoms in total. The lowest BCUT2D eigenvalue weighted by atomic mass is 9.99. The zero-order chi connectivity index (χ0) is 16.3. The van der Waals surface area contributed by atoms with Gasteiger partial charge in [-0.05, 0) is 27.7 Å². The number of rotatable bonds is 5. The quantitative estimate of drug-likeness (QED) is 0.775. The molecule has 1 heterocycles. The van der Waals surface area contributed by atoms with Crippen LogP contribution in [-0.4, -0.2) is 66.2 Å². The first-order valence-electron chi connectivity index (χ1n) is 6.94. The number of amides is 1. The Morgan fingerprint density at radius 1 is 1.33 bits per heavy atom. The lowest BCUT2D eigenvalue weighted by Crippen LogP contribution is -2.52. The molecule has 0 bridgehead atoms. The molecule has 0 aromatic rings. The normalized spacial score (nSPS) is 26.0. The second-order valence-electron chi connectivity index (χ2n) is 6.36. The van der Waals surface area contributed by atoms with Gasteiger partial charge in [-0.15, -0.1) is 0 Å². The van der Waals surface area contributed by atoms with Gasteiger partial charge >= 0.3 is 12.1 Å². The van der Waals surface area contributed by atoms with Gasteiger partial charge in [0.15, 0.2) is 0 Å². The first-order chi connectivity index (χ1) is 9.60. The third kappa shape index (κ3) is 4.57. The van der Waals surface area contributed by atoms with E-state index in [1.807, 2.05) is 0 Å². The largest absolute Gasteiger partial charge is 0.480 e. The van der Waals surface area contributed by atoms with Gasteiger partial charge in [0.05, 0.1) is 25.9 Å². The van der Waals surface area contributed by atoms with E-state index in [9.17, 15) is 14.7 Å². The first kappa shape index (κ1) is 17.7. The summed E-state index contributed by atoms with van der Waals surface area (Å²) in [6.07, 6.45) is -0.746. The van der Waals surface area contributed by atoms with E-state index in [-0.39, 0.29) is 19.1 Å². The molecule has 1 amide bonds. The van der Waals surface area contributed by atoms with Crippen molar-refractivity contribution in [1.29, 1.82) is 0 Å². The Labute approximate surface area is 125 Å². The van der Waals surface area contributed by atoms with Crippen LogP contribution in [0.25, 0.3) is 0 Å². The zero-order valence-corrected chi connectivity index (χ0v) is 13.3. The van der Waals surface area contributed by atoms with Gasteiger partial charge in [0.2, 0.25) is 0 Å². The van der Waals surface area contributed by atoms with Crippen molar-refractivity contribution in [3.63, 3.8) is 0 Å². The van der Waals surface area contributed by atoms with E-state index in [0.29, 0.717) is 13.2 Å². The van der Waals surface area contributed by atoms with E-state index in [0.717, 1.165) is 0 Å². The van der Waals surface area contributed by atoms with Crippen molar-refractivity contribution in [2.75, 3.05) is 26.9 Å². The van der Waals surface area contributed by atoms with Crippen molar-refractivity contribution in [1.82, 2.24) is 4.90 Å². The molecule has 7 heteroatoms. The molecule has 21 heavy (non-hydrogen) atoms. The van der Waals surface area contributed by atoms with Gasteiger partial charge in [0, 0.05) is 13.5 Å². The van der Waals surface area contributed by atoms with Gasteiger partial charge in [0.25, 0.3) is 0 Å². The van der Waals surface area contributed by atoms with Crippen molar-refractivity contribution in [2.24, 2.45) is 0 Å². The zero-order valence-electron chi connectivity index (χ0n) is 13.3. The smallest absolute Gasteiger partial charge is 0.411 e. The second-order valence-corrected chi connectivity index (χ2v) is 6.36. The van der Waals surface area contributed by atoms with Crippen molar-refractivity contribution in [3.8, 4) is 0 Å². The third-order valence-electron chi connectivity index (χ3n) is 3.32. The summed E-state index contributed by atoms with van der Waals surface area (Å²) < 4.78 is 15.7. The average Bonchev–Trinajstić information content (AvgIpc) is 2.66. The summed E-state index contributed by atoms with van der Waals surface area (Å²) in [6, 6.07) is 0. The summed E-state index contributed by atoms with van der Waals surface area (Å²) >= 11 is 0. The SMILES string of the molecule is COCCO[C@H]1CN(C(=O)OC(C)(C)C)[C@](C)(C(=O)O)C1. The van der Waals surface area contributed by atoms with Gasteiger partial charge in [-0.25, -0.2) is 9.59 Å². The van der Waals surface area contributed by atoms with Crippen LogP contribution in [0.15, 0.2) is 0 Å². The maximum atomic E-state index is 12.2. The molecule has 1 N–H and O–H groups in total. The molecule has 0 spiro atoms. The third-order valence-corrected chi connectivity index (χ3v) is 3.32. The number of aliphatic carboxylic acids is 1. The highest BCUT2D eigenvalue weighted by molar-refractivity contribution is 5.85. The number of likely N-dealkylation sites (tertiary alicyclic amines) is 1. The number of ether oxygens (including phenoxy) is 3. The maximum Gasteiger partial charge on any atom is 0.411 e. The fourth-order valence-electron chi connectivity index (χ4n) is 2.23. The molecule has 0 aliphatic carbocycles. The summed E-state index contributed by atoms with van der Waals surface area (Å²) in [7, 11) is 1.56. The summed E-state index contributed by atoms with van der Waals surface area (Å²) in [5.41, 5.74) is -1.99. The summed E-state index contributed by atoms with van der Waals surface area (Å²) in [5, 5.41) is 9.45. The standard InChI is InChI=1S/C14H25NO6/c1-13(2,3)21-12(18)15-9-10(20-7-6-19-5)8-14(15,4)11(16)17/h10H,6-9H2,1-5H3,(H,16,17)/t10-,14+/m1/s1. The Hall–Kier alpha value is -1.34. The van der Waals surface area contributed by atoms with Gasteiger partial charge in [-0.3, -0.25) is 4.90 Å². The van der Waals surface area contributed by atoms with E-state index in [2.05, 4.69) is 0 Å². The Balaban J connectivity index is 2.79. The van der Waals surface area contributed by atoms with E-state index in [4.69, 9.17) is 14.2 Å². The summed E-state index contributed by atoms with van der Waals surface area (Å²) in [5.74, 6) is -1.06. The molecule has 0 saturated carbocycles. The van der Waals surface area contributed by atoms with Gasteiger partial charge < -0.3 is 19.3 Å². The van der Waals surface area contributed by atoms with Crippen molar-refractivity contribution in [3.05, 3.63) is 0 Å². The van der Waals surface area contributed by atoms with E-state index in [1.54, 1.807) is 27.9 Å². The maximum absolute atomic E-state index is 12.2. The van der Waals surface area contributed by atoms with Crippen LogP contribution in [0.5, 0.6) is 0 Å². The van der Waals surface area contributed by atoms with Crippen LogP contribution in [0, 0.1) is 0 Å². The number of nitrogens with zero attached hydrogens (tertiary/aromatic N) is 1. The average molecular weight is 303 g/mol. The van der Waals surface area contributed by atoms with Crippen LogP contribution in [0.4, 0.5) is 4.79 Å². The summed E-state index contributed by atoms with van der Waals surface area (Å²) in [6.45, 7) is 7.72. The fourth-order valence-corrected chi connectivity index (χ4v) is 2.23. The van der Waals surface area contributed by atoms with Crippen molar-refractivity contribution < 1.29 is 28.9 Å². The van der Waals surface area contributed by atoms with Crippen LogP contribution < -0.4 is 0 Å². The van der Waals surface area contributed by atoms with Crippen LogP contribution in [0.3, 0.4) is 0 Å². The Kier molecular flexibility index (Phi) is 5.58. The molecule has 0 aromatic carbocycles. The minimum atomic E-state index is -1.32. The highest BCUT2D eigenvalue weighted by Gasteiger charge is 2.51. The first-order valence-corrected chi connectivity index (χ1v) is 6.94. The van der Waals surface area contributed by atoms with E-state index >= 15 is 0 Å². The topological polar surface area (TPSA) is 85.3 Å². The monoisotopic (exact) mass is 303 g/mol. The number of hydrogen-bond acceptors (Lipinski definition) is 5. The molecule has 0 radical (unpaired) electrons.